The number of hydrogen-bond acceptors (Lipinski definition) is 3. The lowest BCUT2D eigenvalue weighted by molar-refractivity contribution is 0.0698. The van der Waals surface area contributed by atoms with Crippen LogP contribution in [0.25, 0.3) is 0 Å². The van der Waals surface area contributed by atoms with E-state index >= 15 is 0 Å². The number of carbonyl (C=O) groups is 2. The number of likely N-dealkylation sites (tertiary alicyclic amines) is 1. The largest absolute Gasteiger partial charge is 0.478 e. The second-order valence-corrected chi connectivity index (χ2v) is 5.45. The molecule has 2 N–H and O–H groups in total. The summed E-state index contributed by atoms with van der Waals surface area (Å²) in [5.41, 5.74) is 0.422. The van der Waals surface area contributed by atoms with Crippen LogP contribution < -0.4 is 5.32 Å². The normalized spacial score (nSPS) is 19.0. The first kappa shape index (κ1) is 15.3. The number of anilines is 1. The third-order valence-electron chi connectivity index (χ3n) is 3.87. The molecule has 1 aromatic carbocycles. The highest BCUT2D eigenvalue weighted by atomic mass is 16.4. The molecule has 1 heterocycles. The lowest BCUT2D eigenvalue weighted by atomic mass is 10.1. The van der Waals surface area contributed by atoms with Crippen LogP contribution in [0.5, 0.6) is 0 Å². The third kappa shape index (κ3) is 3.72. The number of aromatic carboxylic acids is 1. The molecule has 21 heavy (non-hydrogen) atoms. The molecule has 1 atom stereocenters. The average Bonchev–Trinajstić information content (AvgIpc) is 2.46. The summed E-state index contributed by atoms with van der Waals surface area (Å²) in [5, 5.41) is 11.8. The standard InChI is InChI=1S/C15H21N3O3/c1-17-9-5-6-11(10-17)18(2)15(21)16-13-8-4-3-7-12(13)14(19)20/h3-4,7-8,11H,5-6,9-10H2,1-2H3,(H,16,21)(H,19,20). The molecule has 2 amide bonds. The number of carboxylic acid groups (broad SMARTS) is 1. The summed E-state index contributed by atoms with van der Waals surface area (Å²) in [4.78, 5) is 27.3. The van der Waals surface area contributed by atoms with Crippen molar-refractivity contribution in [1.29, 1.82) is 0 Å². The summed E-state index contributed by atoms with van der Waals surface area (Å²) in [6.07, 6.45) is 2.03. The Morgan fingerprint density at radius 3 is 2.76 bits per heavy atom. The summed E-state index contributed by atoms with van der Waals surface area (Å²) in [7, 11) is 3.79. The summed E-state index contributed by atoms with van der Waals surface area (Å²) < 4.78 is 0. The zero-order valence-corrected chi connectivity index (χ0v) is 12.4. The number of carboxylic acids is 1. The monoisotopic (exact) mass is 291 g/mol. The van der Waals surface area contributed by atoms with E-state index in [1.54, 1.807) is 30.1 Å². The molecule has 2 rings (SSSR count). The summed E-state index contributed by atoms with van der Waals surface area (Å²) >= 11 is 0. The van der Waals surface area contributed by atoms with E-state index in [9.17, 15) is 9.59 Å². The highest BCUT2D eigenvalue weighted by Crippen LogP contribution is 2.18. The van der Waals surface area contributed by atoms with Gasteiger partial charge in [0, 0.05) is 19.6 Å². The molecule has 1 unspecified atom stereocenters. The first-order valence-electron chi connectivity index (χ1n) is 7.03. The molecule has 0 radical (unpaired) electrons. The summed E-state index contributed by atoms with van der Waals surface area (Å²) in [5.74, 6) is -1.05. The zero-order chi connectivity index (χ0) is 15.4. The number of hydrogen-bond donors (Lipinski definition) is 2. The van der Waals surface area contributed by atoms with Crippen LogP contribution in [0.3, 0.4) is 0 Å². The number of piperidine rings is 1. The van der Waals surface area contributed by atoms with Crippen LogP contribution in [-0.4, -0.2) is 60.1 Å². The van der Waals surface area contributed by atoms with Gasteiger partial charge in [0.1, 0.15) is 0 Å². The number of para-hydroxylation sites is 1. The number of nitrogens with one attached hydrogen (secondary N) is 1. The van der Waals surface area contributed by atoms with E-state index in [1.165, 1.54) is 6.07 Å². The van der Waals surface area contributed by atoms with Crippen LogP contribution >= 0.6 is 0 Å². The van der Waals surface area contributed by atoms with Gasteiger partial charge < -0.3 is 20.2 Å². The Balaban J connectivity index is 2.05. The molecular weight excluding hydrogens is 270 g/mol. The number of benzene rings is 1. The third-order valence-corrected chi connectivity index (χ3v) is 3.87. The number of likely N-dealkylation sites (N-methyl/N-ethyl adjacent to an activating group) is 2. The van der Waals surface area contributed by atoms with E-state index in [0.717, 1.165) is 25.9 Å². The van der Waals surface area contributed by atoms with Crippen molar-refractivity contribution < 1.29 is 14.7 Å². The number of carbonyl (C=O) groups excluding carboxylic acids is 1. The van der Waals surface area contributed by atoms with Gasteiger partial charge in [0.2, 0.25) is 0 Å². The minimum absolute atomic E-state index is 0.0972. The molecule has 0 saturated carbocycles. The van der Waals surface area contributed by atoms with E-state index in [1.807, 2.05) is 7.05 Å². The second kappa shape index (κ2) is 6.58. The van der Waals surface area contributed by atoms with Crippen LogP contribution in [0.4, 0.5) is 10.5 Å². The van der Waals surface area contributed by atoms with Crippen LogP contribution in [0.15, 0.2) is 24.3 Å². The smallest absolute Gasteiger partial charge is 0.337 e. The van der Waals surface area contributed by atoms with Gasteiger partial charge in [-0.2, -0.15) is 0 Å². The molecule has 6 heteroatoms. The van der Waals surface area contributed by atoms with Crippen molar-refractivity contribution in [3.63, 3.8) is 0 Å². The van der Waals surface area contributed by atoms with Crippen molar-refractivity contribution >= 4 is 17.7 Å². The van der Waals surface area contributed by atoms with Crippen LogP contribution in [-0.2, 0) is 0 Å². The van der Waals surface area contributed by atoms with Gasteiger partial charge in [0.25, 0.3) is 0 Å². The van der Waals surface area contributed by atoms with E-state index < -0.39 is 5.97 Å². The van der Waals surface area contributed by atoms with Crippen molar-refractivity contribution in [3.8, 4) is 0 Å². The quantitative estimate of drug-likeness (QED) is 0.892. The van der Waals surface area contributed by atoms with Gasteiger partial charge in [0.15, 0.2) is 0 Å². The van der Waals surface area contributed by atoms with Crippen LogP contribution in [0.1, 0.15) is 23.2 Å². The Labute approximate surface area is 124 Å². The Hall–Kier alpha value is -2.08. The van der Waals surface area contributed by atoms with Crippen molar-refractivity contribution in [2.24, 2.45) is 0 Å². The van der Waals surface area contributed by atoms with Crippen LogP contribution in [0.2, 0.25) is 0 Å². The predicted molar refractivity (Wildman–Crippen MR) is 80.7 cm³/mol. The molecule has 1 aliphatic rings. The lowest BCUT2D eigenvalue weighted by Gasteiger charge is -2.35. The fourth-order valence-electron chi connectivity index (χ4n) is 2.60. The second-order valence-electron chi connectivity index (χ2n) is 5.45. The molecule has 1 aromatic rings. The molecule has 1 aliphatic heterocycles. The molecular formula is C15H21N3O3. The molecule has 0 spiro atoms. The molecule has 1 fully saturated rings. The minimum atomic E-state index is -1.05. The van der Waals surface area contributed by atoms with E-state index in [-0.39, 0.29) is 17.6 Å². The van der Waals surface area contributed by atoms with Gasteiger partial charge in [0.05, 0.1) is 11.3 Å². The highest BCUT2D eigenvalue weighted by molar-refractivity contribution is 5.99. The van der Waals surface area contributed by atoms with E-state index in [2.05, 4.69) is 10.2 Å². The van der Waals surface area contributed by atoms with Crippen LogP contribution in [0, 0.1) is 0 Å². The molecule has 114 valence electrons. The molecule has 0 bridgehead atoms. The Kier molecular flexibility index (Phi) is 4.80. The fraction of sp³-hybridized carbons (Fsp3) is 0.467. The fourth-order valence-corrected chi connectivity index (χ4v) is 2.60. The summed E-state index contributed by atoms with van der Waals surface area (Å²) in [6, 6.07) is 6.30. The van der Waals surface area contributed by atoms with Gasteiger partial charge in [-0.15, -0.1) is 0 Å². The van der Waals surface area contributed by atoms with Crippen molar-refractivity contribution in [2.45, 2.75) is 18.9 Å². The predicted octanol–water partition coefficient (Wildman–Crippen LogP) is 1.94. The molecule has 1 saturated heterocycles. The average molecular weight is 291 g/mol. The summed E-state index contributed by atoms with van der Waals surface area (Å²) in [6.45, 7) is 1.89. The van der Waals surface area contributed by atoms with Gasteiger partial charge in [-0.1, -0.05) is 12.1 Å². The number of rotatable bonds is 3. The van der Waals surface area contributed by atoms with Crippen molar-refractivity contribution in [2.75, 3.05) is 32.5 Å². The van der Waals surface area contributed by atoms with Gasteiger partial charge in [-0.05, 0) is 38.6 Å². The maximum Gasteiger partial charge on any atom is 0.337 e. The number of nitrogens with zero attached hydrogens (tertiary/aromatic N) is 2. The Morgan fingerprint density at radius 2 is 2.10 bits per heavy atom. The van der Waals surface area contributed by atoms with E-state index in [4.69, 9.17) is 5.11 Å². The molecule has 6 nitrogen and oxygen atoms in total. The molecule has 0 aromatic heterocycles. The van der Waals surface area contributed by atoms with Gasteiger partial charge >= 0.3 is 12.0 Å². The Morgan fingerprint density at radius 1 is 1.38 bits per heavy atom. The number of urea groups is 1. The SMILES string of the molecule is CN1CCCC(N(C)C(=O)Nc2ccccc2C(=O)O)C1. The maximum absolute atomic E-state index is 12.3. The number of amides is 2. The molecule has 0 aliphatic carbocycles. The van der Waals surface area contributed by atoms with Crippen molar-refractivity contribution in [3.05, 3.63) is 29.8 Å². The lowest BCUT2D eigenvalue weighted by Crippen LogP contribution is -2.48. The highest BCUT2D eigenvalue weighted by Gasteiger charge is 2.25. The zero-order valence-electron chi connectivity index (χ0n) is 12.4. The first-order valence-corrected chi connectivity index (χ1v) is 7.03. The minimum Gasteiger partial charge on any atom is -0.478 e. The van der Waals surface area contributed by atoms with E-state index in [0.29, 0.717) is 5.69 Å². The van der Waals surface area contributed by atoms with Gasteiger partial charge in [-0.3, -0.25) is 0 Å². The first-order chi connectivity index (χ1) is 9.99. The topological polar surface area (TPSA) is 72.9 Å². The maximum atomic E-state index is 12.3. The van der Waals surface area contributed by atoms with Crippen molar-refractivity contribution in [1.82, 2.24) is 9.80 Å². The van der Waals surface area contributed by atoms with Gasteiger partial charge in [-0.25, -0.2) is 9.59 Å². The Bertz CT molecular complexity index is 533.